The van der Waals surface area contributed by atoms with Gasteiger partial charge in [0.05, 0.1) is 5.69 Å². The van der Waals surface area contributed by atoms with Crippen molar-refractivity contribution >= 4 is 27.7 Å². The summed E-state index contributed by atoms with van der Waals surface area (Å²) in [6, 6.07) is 20.7. The van der Waals surface area contributed by atoms with Crippen LogP contribution in [0.25, 0.3) is 0 Å². The van der Waals surface area contributed by atoms with Crippen LogP contribution in [0.4, 0.5) is 10.1 Å². The molecule has 8 nitrogen and oxygen atoms in total. The first kappa shape index (κ1) is 30.8. The monoisotopic (exact) mass is 568 g/mol. The van der Waals surface area contributed by atoms with E-state index < -0.39 is 34.5 Å². The Kier molecular flexibility index (Phi) is 10.4. The van der Waals surface area contributed by atoms with Gasteiger partial charge in [-0.25, -0.2) is 8.70 Å². The van der Waals surface area contributed by atoms with Crippen molar-refractivity contribution in [3.63, 3.8) is 0 Å². The summed E-state index contributed by atoms with van der Waals surface area (Å²) >= 11 is 0. The highest BCUT2D eigenvalue weighted by atomic mass is 32.2. The molecule has 1 atom stereocenters. The molecule has 1 N–H and O–H groups in total. The van der Waals surface area contributed by atoms with Crippen molar-refractivity contribution in [3.05, 3.63) is 101 Å². The first-order valence-electron chi connectivity index (χ1n) is 13.0. The Morgan fingerprint density at radius 2 is 1.48 bits per heavy atom. The average Bonchev–Trinajstić information content (AvgIpc) is 2.90. The molecule has 40 heavy (non-hydrogen) atoms. The van der Waals surface area contributed by atoms with Gasteiger partial charge in [-0.3, -0.25) is 9.59 Å². The van der Waals surface area contributed by atoms with Crippen LogP contribution in [0.1, 0.15) is 30.5 Å². The predicted octanol–water partition coefficient (Wildman–Crippen LogP) is 3.91. The highest BCUT2D eigenvalue weighted by molar-refractivity contribution is 7.90. The minimum absolute atomic E-state index is 0.0847. The summed E-state index contributed by atoms with van der Waals surface area (Å²) in [5, 5.41) is 2.92. The topological polar surface area (TPSA) is 90.0 Å². The SMILES string of the molecule is Cc1ccc(CN(C(=O)CN(c2ccc(F)cc2)S(=O)(=O)N(C)C)[C@H](Cc2ccccc2)C(=O)NC(C)C)cc1. The Bertz CT molecular complexity index is 1380. The van der Waals surface area contributed by atoms with Crippen molar-refractivity contribution < 1.29 is 22.4 Å². The molecule has 3 rings (SSSR count). The van der Waals surface area contributed by atoms with Gasteiger partial charge in [-0.15, -0.1) is 0 Å². The number of carbonyl (C=O) groups is 2. The Morgan fingerprint density at radius 1 is 0.875 bits per heavy atom. The fourth-order valence-electron chi connectivity index (χ4n) is 4.15. The molecular formula is C30H37FN4O4S. The Morgan fingerprint density at radius 3 is 2.02 bits per heavy atom. The number of anilines is 1. The Labute approximate surface area is 236 Å². The van der Waals surface area contributed by atoms with E-state index in [0.29, 0.717) is 0 Å². The molecule has 2 amide bonds. The van der Waals surface area contributed by atoms with Crippen LogP contribution in [0.5, 0.6) is 0 Å². The van der Waals surface area contributed by atoms with Gasteiger partial charge in [0, 0.05) is 33.1 Å². The number of nitrogens with zero attached hydrogens (tertiary/aromatic N) is 3. The maximum absolute atomic E-state index is 14.1. The van der Waals surface area contributed by atoms with Gasteiger partial charge in [0.15, 0.2) is 0 Å². The summed E-state index contributed by atoms with van der Waals surface area (Å²) in [5.74, 6) is -1.45. The van der Waals surface area contributed by atoms with E-state index >= 15 is 0 Å². The summed E-state index contributed by atoms with van der Waals surface area (Å²) in [5.41, 5.74) is 2.81. The van der Waals surface area contributed by atoms with Gasteiger partial charge < -0.3 is 10.2 Å². The standard InChI is InChI=1S/C30H37FN4O4S/c1-22(2)32-30(37)28(19-24-9-7-6-8-10-24)34(20-25-13-11-23(3)12-14-25)29(36)21-35(40(38,39)33(4)5)27-17-15-26(31)16-18-27/h6-18,22,28H,19-21H2,1-5H3,(H,32,37)/t28-/m1/s1. The lowest BCUT2D eigenvalue weighted by molar-refractivity contribution is -0.140. The Hall–Kier alpha value is -3.76. The molecule has 0 bridgehead atoms. The van der Waals surface area contributed by atoms with E-state index in [1.165, 1.54) is 31.1 Å². The van der Waals surface area contributed by atoms with E-state index in [-0.39, 0.29) is 30.6 Å². The van der Waals surface area contributed by atoms with Crippen molar-refractivity contribution in [1.29, 1.82) is 0 Å². The van der Waals surface area contributed by atoms with Crippen LogP contribution in [0.3, 0.4) is 0 Å². The maximum Gasteiger partial charge on any atom is 0.304 e. The molecule has 0 aliphatic heterocycles. The van der Waals surface area contributed by atoms with E-state index in [0.717, 1.165) is 37.4 Å². The normalized spacial score (nSPS) is 12.3. The number of amides is 2. The maximum atomic E-state index is 14.1. The van der Waals surface area contributed by atoms with Gasteiger partial charge in [0.2, 0.25) is 11.8 Å². The van der Waals surface area contributed by atoms with Gasteiger partial charge in [0.25, 0.3) is 0 Å². The van der Waals surface area contributed by atoms with E-state index in [1.807, 2.05) is 75.4 Å². The van der Waals surface area contributed by atoms with Crippen molar-refractivity contribution in [3.8, 4) is 0 Å². The van der Waals surface area contributed by atoms with Crippen molar-refractivity contribution in [1.82, 2.24) is 14.5 Å². The molecule has 0 aromatic heterocycles. The lowest BCUT2D eigenvalue weighted by Gasteiger charge is -2.34. The van der Waals surface area contributed by atoms with Gasteiger partial charge >= 0.3 is 10.2 Å². The van der Waals surface area contributed by atoms with Crippen LogP contribution in [0.2, 0.25) is 0 Å². The quantitative estimate of drug-likeness (QED) is 0.359. The highest BCUT2D eigenvalue weighted by Gasteiger charge is 2.34. The van der Waals surface area contributed by atoms with Crippen LogP contribution in [0.15, 0.2) is 78.9 Å². The average molecular weight is 569 g/mol. The molecule has 214 valence electrons. The van der Waals surface area contributed by atoms with Crippen LogP contribution in [-0.4, -0.2) is 62.2 Å². The Balaban J connectivity index is 2.08. The number of aryl methyl sites for hydroxylation is 1. The van der Waals surface area contributed by atoms with Crippen LogP contribution < -0.4 is 9.62 Å². The second kappa shape index (κ2) is 13.5. The molecule has 3 aromatic rings. The number of nitrogens with one attached hydrogen (secondary N) is 1. The first-order valence-corrected chi connectivity index (χ1v) is 14.4. The number of rotatable bonds is 12. The van der Waals surface area contributed by atoms with E-state index in [4.69, 9.17) is 0 Å². The van der Waals surface area contributed by atoms with Crippen molar-refractivity contribution in [2.45, 2.75) is 45.8 Å². The molecule has 0 aliphatic carbocycles. The molecule has 10 heteroatoms. The second-order valence-electron chi connectivity index (χ2n) is 10.1. The zero-order valence-corrected chi connectivity index (χ0v) is 24.4. The van der Waals surface area contributed by atoms with Gasteiger partial charge in [-0.05, 0) is 56.2 Å². The van der Waals surface area contributed by atoms with Crippen LogP contribution >= 0.6 is 0 Å². The molecular weight excluding hydrogens is 531 g/mol. The smallest absolute Gasteiger partial charge is 0.304 e. The summed E-state index contributed by atoms with van der Waals surface area (Å²) in [6.07, 6.45) is 0.230. The zero-order valence-electron chi connectivity index (χ0n) is 23.5. The van der Waals surface area contributed by atoms with Crippen LogP contribution in [-0.2, 0) is 32.8 Å². The van der Waals surface area contributed by atoms with Gasteiger partial charge in [0.1, 0.15) is 18.4 Å². The van der Waals surface area contributed by atoms with Crippen molar-refractivity contribution in [2.24, 2.45) is 0 Å². The number of hydrogen-bond acceptors (Lipinski definition) is 4. The summed E-state index contributed by atoms with van der Waals surface area (Å²) in [6.45, 7) is 5.13. The van der Waals surface area contributed by atoms with E-state index in [1.54, 1.807) is 0 Å². The third-order valence-corrected chi connectivity index (χ3v) is 8.13. The molecule has 0 aliphatic rings. The molecule has 0 saturated heterocycles. The lowest BCUT2D eigenvalue weighted by Crippen LogP contribution is -2.55. The number of halogens is 1. The fourth-order valence-corrected chi connectivity index (χ4v) is 5.21. The summed E-state index contributed by atoms with van der Waals surface area (Å²) in [7, 11) is -1.43. The van der Waals surface area contributed by atoms with Crippen molar-refractivity contribution in [2.75, 3.05) is 24.9 Å². The molecule has 0 unspecified atom stereocenters. The largest absolute Gasteiger partial charge is 0.352 e. The number of benzene rings is 3. The zero-order chi connectivity index (χ0) is 29.4. The third kappa shape index (κ3) is 8.12. The van der Waals surface area contributed by atoms with Gasteiger partial charge in [-0.2, -0.15) is 12.7 Å². The second-order valence-corrected chi connectivity index (χ2v) is 12.2. The fraction of sp³-hybridized carbons (Fsp3) is 0.333. The molecule has 3 aromatic carbocycles. The lowest BCUT2D eigenvalue weighted by atomic mass is 10.0. The minimum atomic E-state index is -4.14. The third-order valence-electron chi connectivity index (χ3n) is 6.31. The number of hydrogen-bond donors (Lipinski definition) is 1. The molecule has 0 spiro atoms. The molecule has 0 radical (unpaired) electrons. The first-order chi connectivity index (χ1) is 18.9. The summed E-state index contributed by atoms with van der Waals surface area (Å²) in [4.78, 5) is 29.1. The summed E-state index contributed by atoms with van der Waals surface area (Å²) < 4.78 is 42.2. The highest BCUT2D eigenvalue weighted by Crippen LogP contribution is 2.22. The molecule has 0 heterocycles. The minimum Gasteiger partial charge on any atom is -0.352 e. The van der Waals surface area contributed by atoms with Gasteiger partial charge in [-0.1, -0.05) is 60.2 Å². The number of carbonyl (C=O) groups excluding carboxylic acids is 2. The predicted molar refractivity (Wildman–Crippen MR) is 155 cm³/mol. The molecule has 0 saturated carbocycles. The van der Waals surface area contributed by atoms with Crippen LogP contribution in [0, 0.1) is 12.7 Å². The molecule has 0 fully saturated rings. The van der Waals surface area contributed by atoms with E-state index in [2.05, 4.69) is 5.32 Å². The van der Waals surface area contributed by atoms with E-state index in [9.17, 15) is 22.4 Å².